The number of carbonyl (C=O) groups is 1. The number of carbonyl (C=O) groups excluding carboxylic acids is 1. The summed E-state index contributed by atoms with van der Waals surface area (Å²) in [5.74, 6) is -0.914. The van der Waals surface area contributed by atoms with Crippen molar-refractivity contribution < 1.29 is 28.2 Å². The molecule has 1 aliphatic rings. The van der Waals surface area contributed by atoms with Gasteiger partial charge < -0.3 is 15.5 Å². The SMILES string of the molecule is C[C@@]1(CNC(=O)[C@](C)(O)c2ccccc2C(F)(F)F)CCCC[C@@H]1O. The minimum absolute atomic E-state index is 0.0946. The lowest BCUT2D eigenvalue weighted by Gasteiger charge is -2.39. The van der Waals surface area contributed by atoms with Crippen LogP contribution in [0.1, 0.15) is 50.7 Å². The third-order valence-corrected chi connectivity index (χ3v) is 5.13. The molecule has 1 fully saturated rings. The highest BCUT2D eigenvalue weighted by Gasteiger charge is 2.43. The summed E-state index contributed by atoms with van der Waals surface area (Å²) in [6.45, 7) is 2.97. The van der Waals surface area contributed by atoms with E-state index in [-0.39, 0.29) is 6.54 Å². The van der Waals surface area contributed by atoms with Crippen molar-refractivity contribution in [3.8, 4) is 0 Å². The number of alkyl halides is 3. The van der Waals surface area contributed by atoms with Crippen molar-refractivity contribution in [3.63, 3.8) is 0 Å². The molecular weight excluding hydrogens is 335 g/mol. The second-order valence-corrected chi connectivity index (χ2v) is 7.21. The van der Waals surface area contributed by atoms with Crippen molar-refractivity contribution in [1.29, 1.82) is 0 Å². The predicted molar refractivity (Wildman–Crippen MR) is 86.6 cm³/mol. The van der Waals surface area contributed by atoms with E-state index in [0.717, 1.165) is 31.9 Å². The molecule has 140 valence electrons. The highest BCUT2D eigenvalue weighted by Crippen LogP contribution is 2.38. The molecule has 0 unspecified atom stereocenters. The number of hydrogen-bond donors (Lipinski definition) is 3. The molecule has 25 heavy (non-hydrogen) atoms. The van der Waals surface area contributed by atoms with E-state index in [9.17, 15) is 28.2 Å². The minimum atomic E-state index is -4.67. The summed E-state index contributed by atoms with van der Waals surface area (Å²) in [7, 11) is 0. The van der Waals surface area contributed by atoms with Crippen LogP contribution in [0.15, 0.2) is 24.3 Å². The van der Waals surface area contributed by atoms with Gasteiger partial charge >= 0.3 is 6.18 Å². The monoisotopic (exact) mass is 359 g/mol. The molecule has 7 heteroatoms. The molecule has 0 aromatic heterocycles. The summed E-state index contributed by atoms with van der Waals surface area (Å²) < 4.78 is 39.5. The number of hydrogen-bond acceptors (Lipinski definition) is 3. The molecular formula is C18H24F3NO3. The van der Waals surface area contributed by atoms with Gasteiger partial charge in [0, 0.05) is 17.5 Å². The molecule has 0 heterocycles. The Morgan fingerprint density at radius 2 is 1.88 bits per heavy atom. The summed E-state index contributed by atoms with van der Waals surface area (Å²) in [4.78, 5) is 12.4. The number of rotatable bonds is 4. The molecule has 0 bridgehead atoms. The fourth-order valence-corrected chi connectivity index (χ4v) is 3.32. The van der Waals surface area contributed by atoms with E-state index in [1.165, 1.54) is 12.1 Å². The van der Waals surface area contributed by atoms with Crippen LogP contribution < -0.4 is 5.32 Å². The Morgan fingerprint density at radius 1 is 1.28 bits per heavy atom. The Hall–Kier alpha value is -1.60. The fourth-order valence-electron chi connectivity index (χ4n) is 3.32. The maximum atomic E-state index is 13.2. The third-order valence-electron chi connectivity index (χ3n) is 5.13. The fraction of sp³-hybridized carbons (Fsp3) is 0.611. The average molecular weight is 359 g/mol. The zero-order valence-electron chi connectivity index (χ0n) is 14.4. The van der Waals surface area contributed by atoms with Crippen LogP contribution in [0.3, 0.4) is 0 Å². The van der Waals surface area contributed by atoms with Crippen LogP contribution in [0.4, 0.5) is 13.2 Å². The van der Waals surface area contributed by atoms with Crippen LogP contribution in [0, 0.1) is 5.41 Å². The van der Waals surface area contributed by atoms with E-state index < -0.39 is 40.3 Å². The van der Waals surface area contributed by atoms with E-state index in [4.69, 9.17) is 0 Å². The Balaban J connectivity index is 2.18. The van der Waals surface area contributed by atoms with Crippen molar-refractivity contribution in [1.82, 2.24) is 5.32 Å². The van der Waals surface area contributed by atoms with Gasteiger partial charge in [0.1, 0.15) is 0 Å². The summed E-state index contributed by atoms with van der Waals surface area (Å²) >= 11 is 0. The van der Waals surface area contributed by atoms with Gasteiger partial charge in [-0.15, -0.1) is 0 Å². The van der Waals surface area contributed by atoms with Gasteiger partial charge in [-0.1, -0.05) is 38.0 Å². The van der Waals surface area contributed by atoms with Crippen molar-refractivity contribution >= 4 is 5.91 Å². The molecule has 0 aliphatic heterocycles. The normalized spacial score (nSPS) is 26.8. The Morgan fingerprint density at radius 3 is 2.44 bits per heavy atom. The molecule has 1 saturated carbocycles. The second kappa shape index (κ2) is 6.96. The number of benzene rings is 1. The van der Waals surface area contributed by atoms with Gasteiger partial charge in [-0.05, 0) is 25.8 Å². The third kappa shape index (κ3) is 4.15. The smallest absolute Gasteiger partial charge is 0.392 e. The molecule has 1 aromatic rings. The van der Waals surface area contributed by atoms with Crippen LogP contribution in [0.25, 0.3) is 0 Å². The predicted octanol–water partition coefficient (Wildman–Crippen LogP) is 2.97. The van der Waals surface area contributed by atoms with E-state index >= 15 is 0 Å². The van der Waals surface area contributed by atoms with Gasteiger partial charge in [0.25, 0.3) is 5.91 Å². The maximum Gasteiger partial charge on any atom is 0.416 e. The van der Waals surface area contributed by atoms with Gasteiger partial charge in [0.2, 0.25) is 0 Å². The lowest BCUT2D eigenvalue weighted by Crippen LogP contribution is -2.50. The number of halogens is 3. The van der Waals surface area contributed by atoms with Crippen molar-refractivity contribution in [3.05, 3.63) is 35.4 Å². The topological polar surface area (TPSA) is 69.6 Å². The Kier molecular flexibility index (Phi) is 5.49. The molecule has 4 nitrogen and oxygen atoms in total. The molecule has 0 spiro atoms. The average Bonchev–Trinajstić information content (AvgIpc) is 2.55. The van der Waals surface area contributed by atoms with E-state index in [1.807, 2.05) is 6.92 Å². The highest BCUT2D eigenvalue weighted by molar-refractivity contribution is 5.86. The first-order chi connectivity index (χ1) is 11.5. The van der Waals surface area contributed by atoms with Crippen molar-refractivity contribution in [2.75, 3.05) is 6.54 Å². The number of nitrogens with one attached hydrogen (secondary N) is 1. The Bertz CT molecular complexity index is 630. The first kappa shape index (κ1) is 19.7. The quantitative estimate of drug-likeness (QED) is 0.774. The van der Waals surface area contributed by atoms with Crippen molar-refractivity contribution in [2.45, 2.75) is 57.4 Å². The van der Waals surface area contributed by atoms with E-state index in [1.54, 1.807) is 0 Å². The summed E-state index contributed by atoms with van der Waals surface area (Å²) in [6, 6.07) is 4.49. The molecule has 0 saturated heterocycles. The number of aliphatic hydroxyl groups excluding tert-OH is 1. The van der Waals surface area contributed by atoms with Gasteiger partial charge in [0.05, 0.1) is 11.7 Å². The molecule has 1 aliphatic carbocycles. The zero-order valence-corrected chi connectivity index (χ0v) is 14.4. The largest absolute Gasteiger partial charge is 0.416 e. The summed E-state index contributed by atoms with van der Waals surface area (Å²) in [5.41, 5.74) is -4.41. The lowest BCUT2D eigenvalue weighted by molar-refractivity contribution is -0.146. The molecule has 1 amide bonds. The highest BCUT2D eigenvalue weighted by atomic mass is 19.4. The first-order valence-electron chi connectivity index (χ1n) is 8.34. The molecule has 1 aromatic carbocycles. The first-order valence-corrected chi connectivity index (χ1v) is 8.34. The summed E-state index contributed by atoms with van der Waals surface area (Å²) in [6.07, 6.45) is -2.12. The van der Waals surface area contributed by atoms with E-state index in [0.29, 0.717) is 12.8 Å². The number of aliphatic hydroxyl groups is 2. The molecule has 2 rings (SSSR count). The molecule has 3 N–H and O–H groups in total. The lowest BCUT2D eigenvalue weighted by atomic mass is 9.73. The Labute approximate surface area is 145 Å². The molecule has 0 radical (unpaired) electrons. The van der Waals surface area contributed by atoms with Crippen LogP contribution in [-0.2, 0) is 16.6 Å². The van der Waals surface area contributed by atoms with Crippen LogP contribution in [0.5, 0.6) is 0 Å². The van der Waals surface area contributed by atoms with Gasteiger partial charge in [-0.3, -0.25) is 4.79 Å². The zero-order chi connectivity index (χ0) is 18.9. The second-order valence-electron chi connectivity index (χ2n) is 7.21. The van der Waals surface area contributed by atoms with Crippen molar-refractivity contribution in [2.24, 2.45) is 5.41 Å². The van der Waals surface area contributed by atoms with Crippen LogP contribution >= 0.6 is 0 Å². The maximum absolute atomic E-state index is 13.2. The van der Waals surface area contributed by atoms with Crippen LogP contribution in [-0.4, -0.2) is 28.8 Å². The number of amides is 1. The minimum Gasteiger partial charge on any atom is -0.392 e. The van der Waals surface area contributed by atoms with Gasteiger partial charge in [-0.25, -0.2) is 0 Å². The van der Waals surface area contributed by atoms with Gasteiger partial charge in [0.15, 0.2) is 5.60 Å². The van der Waals surface area contributed by atoms with Gasteiger partial charge in [-0.2, -0.15) is 13.2 Å². The van der Waals surface area contributed by atoms with Crippen LogP contribution in [0.2, 0.25) is 0 Å². The standard InChI is InChI=1S/C18H24F3NO3/c1-16(10-6-5-9-14(16)23)11-22-15(24)17(2,25)12-7-3-4-8-13(12)18(19,20)21/h3-4,7-8,14,23,25H,5-6,9-11H2,1-2H3,(H,22,24)/t14-,16-,17+/m0/s1. The molecule has 3 atom stereocenters. The summed E-state index contributed by atoms with van der Waals surface area (Å²) in [5, 5.41) is 23.2. The van der Waals surface area contributed by atoms with E-state index in [2.05, 4.69) is 5.32 Å².